The van der Waals surface area contributed by atoms with Gasteiger partial charge in [-0.3, -0.25) is 0 Å². The van der Waals surface area contributed by atoms with Gasteiger partial charge in [-0.05, 0) is 11.6 Å². The van der Waals surface area contributed by atoms with Crippen molar-refractivity contribution in [3.8, 4) is 12.3 Å². The maximum Gasteiger partial charge on any atom is 0.225 e. The molecule has 2 heterocycles. The molecule has 0 aliphatic rings. The average Bonchev–Trinajstić information content (AvgIpc) is 2.58. The van der Waals surface area contributed by atoms with Crippen molar-refractivity contribution in [2.75, 3.05) is 19.0 Å². The molecule has 2 rings (SSSR count). The molecule has 0 fully saturated rings. The van der Waals surface area contributed by atoms with Crippen LogP contribution in [0.5, 0.6) is 0 Å². The van der Waals surface area contributed by atoms with E-state index in [0.717, 1.165) is 21.6 Å². The van der Waals surface area contributed by atoms with Crippen LogP contribution in [0, 0.1) is 12.3 Å². The van der Waals surface area contributed by atoms with Gasteiger partial charge in [-0.2, -0.15) is 4.98 Å². The minimum atomic E-state index is 0.223. The Bertz CT molecular complexity index is 554. The predicted octanol–water partition coefficient (Wildman–Crippen LogP) is 2.39. The number of hydrogen-bond donors (Lipinski definition) is 0. The normalized spacial score (nSPS) is 10.3. The molecule has 3 nitrogen and oxygen atoms in total. The molecule has 0 unspecified atom stereocenters. The number of terminal acetylenes is 1. The molecular formula is C10H8ClN3S. The quantitative estimate of drug-likeness (QED) is 0.563. The largest absolute Gasteiger partial charge is 0.361 e. The van der Waals surface area contributed by atoms with Crippen LogP contribution >= 0.6 is 22.9 Å². The lowest BCUT2D eigenvalue weighted by molar-refractivity contribution is 1.07. The maximum absolute atomic E-state index is 5.84. The van der Waals surface area contributed by atoms with Crippen LogP contribution in [0.15, 0.2) is 5.38 Å². The summed E-state index contributed by atoms with van der Waals surface area (Å²) in [5.74, 6) is 3.39. The summed E-state index contributed by atoms with van der Waals surface area (Å²) in [5, 5.41) is 2.11. The van der Waals surface area contributed by atoms with E-state index in [1.807, 2.05) is 24.4 Å². The minimum Gasteiger partial charge on any atom is -0.361 e. The predicted molar refractivity (Wildman–Crippen MR) is 64.7 cm³/mol. The second-order valence-corrected chi connectivity index (χ2v) is 4.40. The fraction of sp³-hybridized carbons (Fsp3) is 0.200. The Morgan fingerprint density at radius 3 is 2.80 bits per heavy atom. The monoisotopic (exact) mass is 237 g/mol. The summed E-state index contributed by atoms with van der Waals surface area (Å²) >= 11 is 7.38. The Kier molecular flexibility index (Phi) is 2.51. The van der Waals surface area contributed by atoms with Crippen LogP contribution in [0.4, 0.5) is 5.82 Å². The summed E-state index contributed by atoms with van der Waals surface area (Å²) in [6.07, 6.45) is 5.38. The molecule has 2 aromatic heterocycles. The molecule has 0 aliphatic carbocycles. The van der Waals surface area contributed by atoms with Gasteiger partial charge in [0.15, 0.2) is 5.82 Å². The molecule has 5 heteroatoms. The first kappa shape index (κ1) is 10.2. The molecule has 0 saturated carbocycles. The van der Waals surface area contributed by atoms with E-state index in [-0.39, 0.29) is 5.28 Å². The lowest BCUT2D eigenvalue weighted by Crippen LogP contribution is -2.11. The Morgan fingerprint density at radius 2 is 2.20 bits per heavy atom. The summed E-state index contributed by atoms with van der Waals surface area (Å²) < 4.78 is 0.970. The second-order valence-electron chi connectivity index (χ2n) is 3.18. The van der Waals surface area contributed by atoms with Crippen molar-refractivity contribution >= 4 is 39.0 Å². The summed E-state index contributed by atoms with van der Waals surface area (Å²) in [5.41, 5.74) is 1.52. The molecule has 2 aromatic rings. The van der Waals surface area contributed by atoms with Gasteiger partial charge < -0.3 is 4.90 Å². The van der Waals surface area contributed by atoms with Crippen molar-refractivity contribution in [3.63, 3.8) is 0 Å². The number of aromatic nitrogens is 2. The number of thiophene rings is 1. The van der Waals surface area contributed by atoms with Gasteiger partial charge in [0.25, 0.3) is 0 Å². The summed E-state index contributed by atoms with van der Waals surface area (Å²) in [7, 11) is 3.82. The smallest absolute Gasteiger partial charge is 0.225 e. The number of nitrogens with zero attached hydrogens (tertiary/aromatic N) is 3. The second kappa shape index (κ2) is 3.69. The number of rotatable bonds is 1. The number of anilines is 1. The molecule has 0 aliphatic heterocycles. The molecule has 15 heavy (non-hydrogen) atoms. The molecular weight excluding hydrogens is 230 g/mol. The first-order chi connectivity index (χ1) is 7.13. The fourth-order valence-corrected chi connectivity index (χ4v) is 2.46. The van der Waals surface area contributed by atoms with Gasteiger partial charge in [-0.15, -0.1) is 17.8 Å². The van der Waals surface area contributed by atoms with Gasteiger partial charge in [0, 0.05) is 19.5 Å². The van der Waals surface area contributed by atoms with Gasteiger partial charge >= 0.3 is 0 Å². The van der Waals surface area contributed by atoms with Crippen LogP contribution in [0.2, 0.25) is 5.28 Å². The van der Waals surface area contributed by atoms with Crippen molar-refractivity contribution in [1.82, 2.24) is 9.97 Å². The van der Waals surface area contributed by atoms with Crippen LogP contribution < -0.4 is 4.90 Å². The van der Waals surface area contributed by atoms with E-state index < -0.39 is 0 Å². The van der Waals surface area contributed by atoms with E-state index >= 15 is 0 Å². The molecule has 0 bridgehead atoms. The molecule has 0 aromatic carbocycles. The number of halogens is 1. The van der Waals surface area contributed by atoms with Gasteiger partial charge in [-0.1, -0.05) is 5.92 Å². The number of fused-ring (bicyclic) bond motifs is 1. The summed E-state index contributed by atoms with van der Waals surface area (Å²) in [6, 6.07) is 0. The molecule has 0 N–H and O–H groups in total. The van der Waals surface area contributed by atoms with Crippen LogP contribution in [0.25, 0.3) is 10.2 Å². The van der Waals surface area contributed by atoms with Crippen LogP contribution in [-0.2, 0) is 0 Å². The highest BCUT2D eigenvalue weighted by molar-refractivity contribution is 7.18. The highest BCUT2D eigenvalue weighted by atomic mass is 35.5. The first-order valence-electron chi connectivity index (χ1n) is 4.22. The summed E-state index contributed by atoms with van der Waals surface area (Å²) in [4.78, 5) is 10.2. The Hall–Kier alpha value is -1.31. The zero-order chi connectivity index (χ0) is 11.0. The average molecular weight is 238 g/mol. The lowest BCUT2D eigenvalue weighted by atomic mass is 10.3. The first-order valence-corrected chi connectivity index (χ1v) is 5.48. The van der Waals surface area contributed by atoms with Crippen LogP contribution in [0.3, 0.4) is 0 Å². The standard InChI is InChI=1S/C10H8ClN3S/c1-4-6-5-15-8-7(6)12-10(11)13-9(8)14(2)3/h1,5H,2-3H3. The van der Waals surface area contributed by atoms with Gasteiger partial charge in [0.2, 0.25) is 5.28 Å². The topological polar surface area (TPSA) is 29.0 Å². The Balaban J connectivity index is 2.84. The van der Waals surface area contributed by atoms with E-state index in [9.17, 15) is 0 Å². The van der Waals surface area contributed by atoms with Crippen molar-refractivity contribution < 1.29 is 0 Å². The van der Waals surface area contributed by atoms with E-state index in [2.05, 4.69) is 15.9 Å². The lowest BCUT2D eigenvalue weighted by Gasteiger charge is -2.11. The van der Waals surface area contributed by atoms with Crippen molar-refractivity contribution in [3.05, 3.63) is 16.2 Å². The van der Waals surface area contributed by atoms with E-state index in [1.165, 1.54) is 11.3 Å². The molecule has 0 saturated heterocycles. The summed E-state index contributed by atoms with van der Waals surface area (Å²) in [6.45, 7) is 0. The molecule has 76 valence electrons. The Morgan fingerprint density at radius 1 is 1.47 bits per heavy atom. The molecule has 0 amide bonds. The zero-order valence-electron chi connectivity index (χ0n) is 8.28. The van der Waals surface area contributed by atoms with Crippen LogP contribution in [-0.4, -0.2) is 24.1 Å². The number of hydrogen-bond acceptors (Lipinski definition) is 4. The van der Waals surface area contributed by atoms with Crippen LogP contribution in [0.1, 0.15) is 5.56 Å². The van der Waals surface area contributed by atoms with Gasteiger partial charge in [0.1, 0.15) is 5.52 Å². The highest BCUT2D eigenvalue weighted by Crippen LogP contribution is 2.31. The minimum absolute atomic E-state index is 0.223. The van der Waals surface area contributed by atoms with Crippen molar-refractivity contribution in [2.24, 2.45) is 0 Å². The maximum atomic E-state index is 5.84. The molecule has 0 spiro atoms. The van der Waals surface area contributed by atoms with Gasteiger partial charge in [-0.25, -0.2) is 4.98 Å². The third-order valence-corrected chi connectivity index (χ3v) is 3.08. The van der Waals surface area contributed by atoms with E-state index in [0.29, 0.717) is 0 Å². The Labute approximate surface area is 96.7 Å². The molecule has 0 radical (unpaired) electrons. The van der Waals surface area contributed by atoms with E-state index in [1.54, 1.807) is 0 Å². The van der Waals surface area contributed by atoms with Crippen molar-refractivity contribution in [2.45, 2.75) is 0 Å². The third kappa shape index (κ3) is 1.65. The van der Waals surface area contributed by atoms with Gasteiger partial charge in [0.05, 0.1) is 10.3 Å². The zero-order valence-corrected chi connectivity index (χ0v) is 9.85. The van der Waals surface area contributed by atoms with E-state index in [4.69, 9.17) is 18.0 Å². The fourth-order valence-electron chi connectivity index (χ4n) is 1.28. The SMILES string of the molecule is C#Cc1csc2c(N(C)C)nc(Cl)nc12. The highest BCUT2D eigenvalue weighted by Gasteiger charge is 2.12. The van der Waals surface area contributed by atoms with Crippen molar-refractivity contribution in [1.29, 1.82) is 0 Å². The third-order valence-electron chi connectivity index (χ3n) is 1.95. The molecule has 0 atom stereocenters.